The highest BCUT2D eigenvalue weighted by Gasteiger charge is 2.36. The van der Waals surface area contributed by atoms with E-state index in [9.17, 15) is 27.2 Å². The standard InChI is InChI=1S/C32H32F4N4O3/c1-3-43-24-11-9-22(10-12-24)40-30(38-28-7-5-4-6-25(28)31(40)42)20(2)39(23-14-16-37-17-15-23)29(41)19-21-8-13-27(33)26(18-21)32(34,35)36/h4-13,18,20,23,37H,3,14-17,19H2,1-2H3/t20-/m1/s1. The number of carbonyl (C=O) groups excluding carboxylic acids is 1. The number of amides is 1. The van der Waals surface area contributed by atoms with Crippen LogP contribution < -0.4 is 15.6 Å². The van der Waals surface area contributed by atoms with Crippen molar-refractivity contribution in [2.75, 3.05) is 19.7 Å². The van der Waals surface area contributed by atoms with E-state index in [0.717, 1.165) is 6.07 Å². The molecule has 4 aromatic rings. The molecule has 0 spiro atoms. The van der Waals surface area contributed by atoms with Gasteiger partial charge in [0.1, 0.15) is 17.4 Å². The monoisotopic (exact) mass is 596 g/mol. The molecule has 0 radical (unpaired) electrons. The average Bonchev–Trinajstić information content (AvgIpc) is 2.99. The molecule has 0 bridgehead atoms. The number of fused-ring (bicyclic) bond motifs is 1. The SMILES string of the molecule is CCOc1ccc(-n2c([C@@H](C)N(C(=O)Cc3ccc(F)c(C(F)(F)F)c3)C3CCNCC3)nc3ccccc3c2=O)cc1. The molecule has 1 aromatic heterocycles. The van der Waals surface area contributed by atoms with Crippen molar-refractivity contribution in [1.29, 1.82) is 0 Å². The summed E-state index contributed by atoms with van der Waals surface area (Å²) in [5.74, 6) is -0.895. The van der Waals surface area contributed by atoms with Gasteiger partial charge in [0, 0.05) is 6.04 Å². The van der Waals surface area contributed by atoms with E-state index >= 15 is 0 Å². The van der Waals surface area contributed by atoms with E-state index in [-0.39, 0.29) is 23.6 Å². The first-order chi connectivity index (χ1) is 20.6. The number of piperidine rings is 1. The van der Waals surface area contributed by atoms with Crippen LogP contribution in [0.2, 0.25) is 0 Å². The van der Waals surface area contributed by atoms with Crippen LogP contribution >= 0.6 is 0 Å². The number of halogens is 4. The van der Waals surface area contributed by atoms with Gasteiger partial charge in [-0.1, -0.05) is 18.2 Å². The zero-order chi connectivity index (χ0) is 30.7. The summed E-state index contributed by atoms with van der Waals surface area (Å²) in [6.07, 6.45) is -4.06. The molecule has 1 atom stereocenters. The van der Waals surface area contributed by atoms with Gasteiger partial charge in [-0.2, -0.15) is 13.2 Å². The van der Waals surface area contributed by atoms with Gasteiger partial charge in [-0.15, -0.1) is 0 Å². The predicted molar refractivity (Wildman–Crippen MR) is 155 cm³/mol. The van der Waals surface area contributed by atoms with Gasteiger partial charge in [-0.3, -0.25) is 14.2 Å². The molecule has 1 aliphatic rings. The highest BCUT2D eigenvalue weighted by Crippen LogP contribution is 2.33. The van der Waals surface area contributed by atoms with Gasteiger partial charge >= 0.3 is 6.18 Å². The van der Waals surface area contributed by atoms with Crippen LogP contribution in [0.1, 0.15) is 49.7 Å². The van der Waals surface area contributed by atoms with Crippen molar-refractivity contribution >= 4 is 16.8 Å². The third-order valence-electron chi connectivity index (χ3n) is 7.68. The first kappa shape index (κ1) is 30.2. The molecule has 1 N–H and O–H groups in total. The molecule has 1 aliphatic heterocycles. The Morgan fingerprint density at radius 3 is 2.47 bits per heavy atom. The Kier molecular flexibility index (Phi) is 8.82. The summed E-state index contributed by atoms with van der Waals surface area (Å²) in [6, 6.07) is 15.5. The number of ether oxygens (including phenoxy) is 1. The van der Waals surface area contributed by atoms with Crippen molar-refractivity contribution in [1.82, 2.24) is 19.8 Å². The van der Waals surface area contributed by atoms with Gasteiger partial charge in [-0.25, -0.2) is 9.37 Å². The van der Waals surface area contributed by atoms with E-state index in [0.29, 0.717) is 66.8 Å². The van der Waals surface area contributed by atoms with Crippen LogP contribution in [-0.2, 0) is 17.4 Å². The maximum atomic E-state index is 14.0. The molecule has 43 heavy (non-hydrogen) atoms. The average molecular weight is 597 g/mol. The Balaban J connectivity index is 1.60. The quantitative estimate of drug-likeness (QED) is 0.259. The third-order valence-corrected chi connectivity index (χ3v) is 7.68. The van der Waals surface area contributed by atoms with Crippen LogP contribution in [0.3, 0.4) is 0 Å². The second kappa shape index (κ2) is 12.5. The highest BCUT2D eigenvalue weighted by molar-refractivity contribution is 5.80. The van der Waals surface area contributed by atoms with Crippen molar-refractivity contribution in [2.45, 2.75) is 51.4 Å². The fourth-order valence-electron chi connectivity index (χ4n) is 5.65. The van der Waals surface area contributed by atoms with Gasteiger partial charge in [0.05, 0.1) is 41.2 Å². The summed E-state index contributed by atoms with van der Waals surface area (Å²) in [7, 11) is 0. The number of alkyl halides is 3. The van der Waals surface area contributed by atoms with Crippen LogP contribution in [0, 0.1) is 5.82 Å². The molecule has 1 fully saturated rings. The Bertz CT molecular complexity index is 1660. The van der Waals surface area contributed by atoms with E-state index in [1.54, 1.807) is 60.4 Å². The fraction of sp³-hybridized carbons (Fsp3) is 0.344. The summed E-state index contributed by atoms with van der Waals surface area (Å²) in [6.45, 7) is 5.41. The molecule has 0 saturated carbocycles. The summed E-state index contributed by atoms with van der Waals surface area (Å²) in [5, 5.41) is 3.67. The molecule has 7 nitrogen and oxygen atoms in total. The minimum absolute atomic E-state index is 0.0419. The number of benzene rings is 3. The molecule has 5 rings (SSSR count). The minimum Gasteiger partial charge on any atom is -0.494 e. The van der Waals surface area contributed by atoms with Crippen LogP contribution in [0.5, 0.6) is 5.75 Å². The van der Waals surface area contributed by atoms with Crippen molar-refractivity contribution in [3.05, 3.63) is 99.9 Å². The van der Waals surface area contributed by atoms with Crippen molar-refractivity contribution in [2.24, 2.45) is 0 Å². The molecule has 226 valence electrons. The molecule has 11 heteroatoms. The lowest BCUT2D eigenvalue weighted by atomic mass is 9.99. The summed E-state index contributed by atoms with van der Waals surface area (Å²) >= 11 is 0. The Hall–Kier alpha value is -4.25. The summed E-state index contributed by atoms with van der Waals surface area (Å²) in [4.78, 5) is 34.4. The highest BCUT2D eigenvalue weighted by atomic mass is 19.4. The summed E-state index contributed by atoms with van der Waals surface area (Å²) in [5.41, 5.74) is -0.704. The Morgan fingerprint density at radius 1 is 1.09 bits per heavy atom. The fourth-order valence-corrected chi connectivity index (χ4v) is 5.65. The molecule has 0 unspecified atom stereocenters. The largest absolute Gasteiger partial charge is 0.494 e. The Labute approximate surface area is 246 Å². The Morgan fingerprint density at radius 2 is 1.79 bits per heavy atom. The molecular formula is C32H32F4N4O3. The van der Waals surface area contributed by atoms with Gasteiger partial charge < -0.3 is 15.0 Å². The molecule has 1 amide bonds. The zero-order valence-corrected chi connectivity index (χ0v) is 23.8. The molecule has 1 saturated heterocycles. The number of aromatic nitrogens is 2. The van der Waals surface area contributed by atoms with E-state index in [1.165, 1.54) is 10.6 Å². The number of carbonyl (C=O) groups is 1. The van der Waals surface area contributed by atoms with Gasteiger partial charge in [0.15, 0.2) is 0 Å². The zero-order valence-electron chi connectivity index (χ0n) is 23.8. The van der Waals surface area contributed by atoms with E-state index in [4.69, 9.17) is 9.72 Å². The van der Waals surface area contributed by atoms with E-state index < -0.39 is 29.5 Å². The van der Waals surface area contributed by atoms with E-state index in [1.807, 2.05) is 6.92 Å². The maximum absolute atomic E-state index is 14.0. The third kappa shape index (κ3) is 6.41. The number of hydrogen-bond donors (Lipinski definition) is 1. The molecule has 2 heterocycles. The number of rotatable bonds is 8. The van der Waals surface area contributed by atoms with Crippen LogP contribution in [0.4, 0.5) is 17.6 Å². The van der Waals surface area contributed by atoms with Crippen LogP contribution in [-0.4, -0.2) is 46.1 Å². The van der Waals surface area contributed by atoms with Crippen molar-refractivity contribution < 1.29 is 27.1 Å². The molecule has 3 aromatic carbocycles. The second-order valence-corrected chi connectivity index (χ2v) is 10.5. The van der Waals surface area contributed by atoms with Gasteiger partial charge in [-0.05, 0) is 93.9 Å². The number of nitrogens with zero attached hydrogens (tertiary/aromatic N) is 3. The molecular weight excluding hydrogens is 564 g/mol. The number of nitrogens with one attached hydrogen (secondary N) is 1. The predicted octanol–water partition coefficient (Wildman–Crippen LogP) is 5.83. The lowest BCUT2D eigenvalue weighted by molar-refractivity contribution is -0.140. The smallest absolute Gasteiger partial charge is 0.419 e. The van der Waals surface area contributed by atoms with Crippen LogP contribution in [0.25, 0.3) is 16.6 Å². The first-order valence-corrected chi connectivity index (χ1v) is 14.2. The maximum Gasteiger partial charge on any atom is 0.419 e. The van der Waals surface area contributed by atoms with Crippen molar-refractivity contribution in [3.63, 3.8) is 0 Å². The van der Waals surface area contributed by atoms with Gasteiger partial charge in [0.2, 0.25) is 5.91 Å². The van der Waals surface area contributed by atoms with Crippen molar-refractivity contribution in [3.8, 4) is 11.4 Å². The number of hydrogen-bond acceptors (Lipinski definition) is 5. The topological polar surface area (TPSA) is 76.5 Å². The summed E-state index contributed by atoms with van der Waals surface area (Å²) < 4.78 is 61.2. The lowest BCUT2D eigenvalue weighted by Gasteiger charge is -2.39. The first-order valence-electron chi connectivity index (χ1n) is 14.2. The second-order valence-electron chi connectivity index (χ2n) is 10.5. The van der Waals surface area contributed by atoms with E-state index in [2.05, 4.69) is 5.32 Å². The minimum atomic E-state index is -4.89. The molecule has 0 aliphatic carbocycles. The normalized spacial score (nSPS) is 14.9. The van der Waals surface area contributed by atoms with Crippen LogP contribution in [0.15, 0.2) is 71.5 Å². The number of para-hydroxylation sites is 1. The lowest BCUT2D eigenvalue weighted by Crippen LogP contribution is -2.48. The van der Waals surface area contributed by atoms with Gasteiger partial charge in [0.25, 0.3) is 5.56 Å².